The molecule has 0 unspecified atom stereocenters. The number of hydrogen-bond donors (Lipinski definition) is 2. The number of aromatic nitrogens is 1. The number of carbonyl (C=O) groups excluding carboxylic acids is 1. The highest BCUT2D eigenvalue weighted by Gasteiger charge is 2.05. The number of nitrogens with two attached hydrogens (primary N) is 1. The molecule has 5 nitrogen and oxygen atoms in total. The summed E-state index contributed by atoms with van der Waals surface area (Å²) in [6.07, 6.45) is 1.14. The number of benzene rings is 1. The minimum atomic E-state index is -0.00234. The normalized spacial score (nSPS) is 10.4. The van der Waals surface area contributed by atoms with Crippen LogP contribution in [0.1, 0.15) is 23.4 Å². The number of nitrogen functional groups attached to an aromatic ring is 1. The molecule has 0 bridgehead atoms. The summed E-state index contributed by atoms with van der Waals surface area (Å²) >= 11 is 0. The molecular weight excluding hydrogens is 242 g/mol. The predicted molar refractivity (Wildman–Crippen MR) is 72.3 cm³/mol. The smallest absolute Gasteiger partial charge is 0.220 e. The second-order valence-corrected chi connectivity index (χ2v) is 4.45. The van der Waals surface area contributed by atoms with E-state index in [9.17, 15) is 4.79 Å². The third-order valence-electron chi connectivity index (χ3n) is 2.76. The first-order chi connectivity index (χ1) is 9.13. The molecule has 1 aromatic carbocycles. The molecule has 1 amide bonds. The molecule has 2 rings (SSSR count). The van der Waals surface area contributed by atoms with Gasteiger partial charge in [-0.3, -0.25) is 4.79 Å². The Balaban J connectivity index is 1.74. The van der Waals surface area contributed by atoms with Gasteiger partial charge >= 0.3 is 0 Å². The Hall–Kier alpha value is -2.30. The van der Waals surface area contributed by atoms with Crippen LogP contribution in [0.15, 0.2) is 34.9 Å². The minimum Gasteiger partial charge on any atom is -0.399 e. The minimum absolute atomic E-state index is 0.00234. The van der Waals surface area contributed by atoms with Gasteiger partial charge in [0, 0.05) is 18.2 Å². The van der Waals surface area contributed by atoms with Crippen LogP contribution in [0.3, 0.4) is 0 Å². The van der Waals surface area contributed by atoms with E-state index in [1.165, 1.54) is 0 Å². The summed E-state index contributed by atoms with van der Waals surface area (Å²) < 4.78 is 4.92. The predicted octanol–water partition coefficient (Wildman–Crippen LogP) is 1.81. The summed E-state index contributed by atoms with van der Waals surface area (Å²) in [6, 6.07) is 9.35. The van der Waals surface area contributed by atoms with Crippen molar-refractivity contribution in [3.05, 3.63) is 47.3 Å². The fourth-order valence-electron chi connectivity index (χ4n) is 1.72. The van der Waals surface area contributed by atoms with Crippen molar-refractivity contribution in [1.29, 1.82) is 0 Å². The van der Waals surface area contributed by atoms with Gasteiger partial charge in [0.2, 0.25) is 5.91 Å². The molecule has 0 radical (unpaired) electrons. The average molecular weight is 259 g/mol. The van der Waals surface area contributed by atoms with Gasteiger partial charge in [0.15, 0.2) is 0 Å². The number of nitrogens with zero attached hydrogens (tertiary/aromatic N) is 1. The average Bonchev–Trinajstić information content (AvgIpc) is 2.81. The SMILES string of the molecule is Cc1cc(CNC(=O)CCc2ccc(N)cc2)no1. The molecule has 3 N–H and O–H groups in total. The van der Waals surface area contributed by atoms with Gasteiger partial charge in [0.05, 0.1) is 6.54 Å². The number of rotatable bonds is 5. The quantitative estimate of drug-likeness (QED) is 0.802. The van der Waals surface area contributed by atoms with Crippen LogP contribution >= 0.6 is 0 Å². The van der Waals surface area contributed by atoms with Crippen LogP contribution in [0.25, 0.3) is 0 Å². The molecule has 0 aliphatic heterocycles. The highest BCUT2D eigenvalue weighted by molar-refractivity contribution is 5.76. The van der Waals surface area contributed by atoms with Crippen molar-refractivity contribution in [3.63, 3.8) is 0 Å². The maximum atomic E-state index is 11.7. The second-order valence-electron chi connectivity index (χ2n) is 4.45. The fraction of sp³-hybridized carbons (Fsp3) is 0.286. The molecule has 1 heterocycles. The molecule has 0 aliphatic rings. The largest absolute Gasteiger partial charge is 0.399 e. The Bertz CT molecular complexity index is 546. The number of hydrogen-bond acceptors (Lipinski definition) is 4. The van der Waals surface area contributed by atoms with Crippen LogP contribution < -0.4 is 11.1 Å². The zero-order valence-corrected chi connectivity index (χ0v) is 10.8. The summed E-state index contributed by atoms with van der Waals surface area (Å²) in [5.41, 5.74) is 8.17. The van der Waals surface area contributed by atoms with E-state index in [4.69, 9.17) is 10.3 Å². The van der Waals surface area contributed by atoms with Gasteiger partial charge in [-0.1, -0.05) is 17.3 Å². The summed E-state index contributed by atoms with van der Waals surface area (Å²) in [5.74, 6) is 0.739. The van der Waals surface area contributed by atoms with Gasteiger partial charge in [0.25, 0.3) is 0 Å². The fourth-order valence-corrected chi connectivity index (χ4v) is 1.72. The Morgan fingerprint density at radius 1 is 1.37 bits per heavy atom. The van der Waals surface area contributed by atoms with E-state index in [1.54, 1.807) is 6.07 Å². The molecule has 0 saturated heterocycles. The van der Waals surface area contributed by atoms with Crippen molar-refractivity contribution in [2.24, 2.45) is 0 Å². The van der Waals surface area contributed by atoms with E-state index in [0.29, 0.717) is 19.4 Å². The van der Waals surface area contributed by atoms with E-state index in [2.05, 4.69) is 10.5 Å². The number of amides is 1. The molecular formula is C14H17N3O2. The highest BCUT2D eigenvalue weighted by Crippen LogP contribution is 2.07. The lowest BCUT2D eigenvalue weighted by atomic mass is 10.1. The lowest BCUT2D eigenvalue weighted by Gasteiger charge is -2.03. The molecule has 19 heavy (non-hydrogen) atoms. The van der Waals surface area contributed by atoms with Crippen molar-refractivity contribution in [2.45, 2.75) is 26.3 Å². The molecule has 0 saturated carbocycles. The van der Waals surface area contributed by atoms with Gasteiger partial charge in [-0.15, -0.1) is 0 Å². The first-order valence-corrected chi connectivity index (χ1v) is 6.17. The molecule has 1 aromatic heterocycles. The second kappa shape index (κ2) is 6.04. The summed E-state index contributed by atoms with van der Waals surface area (Å²) in [5, 5.41) is 6.62. The van der Waals surface area contributed by atoms with Gasteiger partial charge in [-0.05, 0) is 31.0 Å². The highest BCUT2D eigenvalue weighted by atomic mass is 16.5. The number of aryl methyl sites for hydroxylation is 2. The van der Waals surface area contributed by atoms with Gasteiger partial charge in [-0.25, -0.2) is 0 Å². The zero-order chi connectivity index (χ0) is 13.7. The molecule has 100 valence electrons. The van der Waals surface area contributed by atoms with Crippen LogP contribution in [0, 0.1) is 6.92 Å². The standard InChI is InChI=1S/C14H17N3O2/c1-10-8-13(17-19-10)9-16-14(18)7-4-11-2-5-12(15)6-3-11/h2-3,5-6,8H,4,7,9,15H2,1H3,(H,16,18). The van der Waals surface area contributed by atoms with E-state index in [0.717, 1.165) is 22.7 Å². The number of anilines is 1. The van der Waals surface area contributed by atoms with Crippen LogP contribution in [0.5, 0.6) is 0 Å². The van der Waals surface area contributed by atoms with Crippen LogP contribution in [0.4, 0.5) is 5.69 Å². The van der Waals surface area contributed by atoms with Gasteiger partial charge < -0.3 is 15.6 Å². The van der Waals surface area contributed by atoms with E-state index < -0.39 is 0 Å². The van der Waals surface area contributed by atoms with Gasteiger partial charge in [0.1, 0.15) is 11.5 Å². The van der Waals surface area contributed by atoms with E-state index >= 15 is 0 Å². The topological polar surface area (TPSA) is 81.2 Å². The summed E-state index contributed by atoms with van der Waals surface area (Å²) in [4.78, 5) is 11.7. The molecule has 5 heteroatoms. The monoisotopic (exact) mass is 259 g/mol. The lowest BCUT2D eigenvalue weighted by molar-refractivity contribution is -0.121. The number of nitrogens with one attached hydrogen (secondary N) is 1. The van der Waals surface area contributed by atoms with E-state index in [1.807, 2.05) is 31.2 Å². The summed E-state index contributed by atoms with van der Waals surface area (Å²) in [7, 11) is 0. The first kappa shape index (κ1) is 13.1. The molecule has 0 atom stereocenters. The van der Waals surface area contributed by atoms with Crippen molar-refractivity contribution >= 4 is 11.6 Å². The first-order valence-electron chi connectivity index (χ1n) is 6.17. The van der Waals surface area contributed by atoms with Crippen molar-refractivity contribution in [3.8, 4) is 0 Å². The Morgan fingerprint density at radius 2 is 2.11 bits per heavy atom. The van der Waals surface area contributed by atoms with E-state index in [-0.39, 0.29) is 5.91 Å². The summed E-state index contributed by atoms with van der Waals surface area (Å²) in [6.45, 7) is 2.22. The molecule has 2 aromatic rings. The lowest BCUT2D eigenvalue weighted by Crippen LogP contribution is -2.23. The zero-order valence-electron chi connectivity index (χ0n) is 10.8. The van der Waals surface area contributed by atoms with Crippen LogP contribution in [-0.2, 0) is 17.8 Å². The maximum Gasteiger partial charge on any atom is 0.220 e. The van der Waals surface area contributed by atoms with Crippen molar-refractivity contribution in [2.75, 3.05) is 5.73 Å². The Morgan fingerprint density at radius 3 is 2.74 bits per heavy atom. The molecule has 0 fully saturated rings. The maximum absolute atomic E-state index is 11.7. The third-order valence-corrected chi connectivity index (χ3v) is 2.76. The third kappa shape index (κ3) is 4.13. The number of carbonyl (C=O) groups is 1. The van der Waals surface area contributed by atoms with Crippen molar-refractivity contribution in [1.82, 2.24) is 10.5 Å². The molecule has 0 spiro atoms. The Labute approximate surface area is 111 Å². The van der Waals surface area contributed by atoms with Crippen molar-refractivity contribution < 1.29 is 9.32 Å². The Kier molecular flexibility index (Phi) is 4.18. The molecule has 0 aliphatic carbocycles. The van der Waals surface area contributed by atoms with Gasteiger partial charge in [-0.2, -0.15) is 0 Å². The van der Waals surface area contributed by atoms with Crippen LogP contribution in [-0.4, -0.2) is 11.1 Å². The van der Waals surface area contributed by atoms with Crippen LogP contribution in [0.2, 0.25) is 0 Å².